The molecule has 1 amide bonds. The maximum Gasteiger partial charge on any atom is 0.301 e. The highest BCUT2D eigenvalue weighted by atomic mass is 32.1. The van der Waals surface area contributed by atoms with Crippen LogP contribution in [0.1, 0.15) is 16.1 Å². The van der Waals surface area contributed by atoms with E-state index in [0.717, 1.165) is 5.00 Å². The zero-order chi connectivity index (χ0) is 19.7. The first-order valence-electron chi connectivity index (χ1n) is 8.63. The first-order valence-corrected chi connectivity index (χ1v) is 9.45. The summed E-state index contributed by atoms with van der Waals surface area (Å²) in [5, 5.41) is 13.6. The lowest BCUT2D eigenvalue weighted by Crippen LogP contribution is -2.35. The van der Waals surface area contributed by atoms with Crippen molar-refractivity contribution in [1.82, 2.24) is 14.7 Å². The highest BCUT2D eigenvalue weighted by Gasteiger charge is 2.22. The van der Waals surface area contributed by atoms with Crippen LogP contribution in [0.3, 0.4) is 0 Å². The van der Waals surface area contributed by atoms with Crippen molar-refractivity contribution in [2.75, 3.05) is 31.2 Å². The average molecular weight is 404 g/mol. The molecule has 2 N–H and O–H groups in total. The molecule has 1 aliphatic heterocycles. The molecule has 0 atom stereocenters. The Bertz CT molecular complexity index is 1070. The Kier molecular flexibility index (Phi) is 4.97. The summed E-state index contributed by atoms with van der Waals surface area (Å²) in [6.45, 7) is 2.69. The quantitative estimate of drug-likeness (QED) is 0.682. The minimum atomic E-state index is -0.708. The third kappa shape index (κ3) is 3.56. The van der Waals surface area contributed by atoms with E-state index in [1.807, 2.05) is 0 Å². The van der Waals surface area contributed by atoms with E-state index in [9.17, 15) is 19.1 Å². The number of hydrogen-bond acceptors (Lipinski definition) is 7. The van der Waals surface area contributed by atoms with E-state index in [-0.39, 0.29) is 18.1 Å². The van der Waals surface area contributed by atoms with Gasteiger partial charge in [-0.3, -0.25) is 14.0 Å². The number of nitrogens with one attached hydrogen (secondary N) is 1. The summed E-state index contributed by atoms with van der Waals surface area (Å²) in [5.41, 5.74) is -0.354. The van der Waals surface area contributed by atoms with Gasteiger partial charge in [0.2, 0.25) is 5.75 Å². The number of halogens is 1. The van der Waals surface area contributed by atoms with Gasteiger partial charge >= 0.3 is 5.56 Å². The molecule has 1 aliphatic rings. The van der Waals surface area contributed by atoms with Gasteiger partial charge in [0.05, 0.1) is 13.2 Å². The van der Waals surface area contributed by atoms with Gasteiger partial charge < -0.3 is 20.1 Å². The van der Waals surface area contributed by atoms with Gasteiger partial charge in [-0.25, -0.2) is 9.37 Å². The summed E-state index contributed by atoms with van der Waals surface area (Å²) in [4.78, 5) is 31.5. The number of thiazole rings is 1. The normalized spacial score (nSPS) is 14.4. The van der Waals surface area contributed by atoms with Gasteiger partial charge in [0.25, 0.3) is 5.91 Å². The van der Waals surface area contributed by atoms with Crippen LogP contribution in [0.2, 0.25) is 0 Å². The maximum absolute atomic E-state index is 13.0. The number of benzene rings is 1. The molecule has 10 heteroatoms. The van der Waals surface area contributed by atoms with Crippen LogP contribution in [0.25, 0.3) is 4.96 Å². The van der Waals surface area contributed by atoms with Gasteiger partial charge in [-0.05, 0) is 17.7 Å². The minimum absolute atomic E-state index is 0.114. The average Bonchev–Trinajstić information content (AvgIpc) is 3.15. The molecule has 1 aromatic carbocycles. The first-order chi connectivity index (χ1) is 13.5. The summed E-state index contributed by atoms with van der Waals surface area (Å²) in [6.07, 6.45) is 1.61. The summed E-state index contributed by atoms with van der Waals surface area (Å²) in [6, 6.07) is 5.65. The topological polar surface area (TPSA) is 96.2 Å². The van der Waals surface area contributed by atoms with E-state index in [1.165, 1.54) is 40.0 Å². The smallest absolute Gasteiger partial charge is 0.301 e. The lowest BCUT2D eigenvalue weighted by molar-refractivity contribution is 0.0943. The number of aromatic nitrogens is 2. The molecular formula is C18H17FN4O4S. The number of carbonyl (C=O) groups excluding carboxylic acids is 1. The highest BCUT2D eigenvalue weighted by molar-refractivity contribution is 7.20. The SMILES string of the molecule is O=C(NCc1ccc(F)cc1)c1nc2sc(N3CCOCC3)cn2c(=O)c1O. The molecule has 8 nitrogen and oxygen atoms in total. The number of ether oxygens (including phenoxy) is 1. The molecule has 0 bridgehead atoms. The van der Waals surface area contributed by atoms with Crippen molar-refractivity contribution < 1.29 is 19.0 Å². The van der Waals surface area contributed by atoms with Crippen LogP contribution >= 0.6 is 11.3 Å². The number of morpholine rings is 1. The minimum Gasteiger partial charge on any atom is -0.501 e. The highest BCUT2D eigenvalue weighted by Crippen LogP contribution is 2.26. The van der Waals surface area contributed by atoms with Crippen molar-refractivity contribution in [3.05, 3.63) is 57.9 Å². The Morgan fingerprint density at radius 3 is 2.71 bits per heavy atom. The molecule has 4 rings (SSSR count). The van der Waals surface area contributed by atoms with E-state index >= 15 is 0 Å². The molecule has 0 aliphatic carbocycles. The predicted molar refractivity (Wildman–Crippen MR) is 102 cm³/mol. The molecular weight excluding hydrogens is 387 g/mol. The van der Waals surface area contributed by atoms with E-state index < -0.39 is 17.2 Å². The monoisotopic (exact) mass is 404 g/mol. The van der Waals surface area contributed by atoms with Gasteiger partial charge in [0.15, 0.2) is 10.7 Å². The second-order valence-corrected chi connectivity index (χ2v) is 7.23. The molecule has 0 saturated carbocycles. The summed E-state index contributed by atoms with van der Waals surface area (Å²) in [5.74, 6) is -1.76. The summed E-state index contributed by atoms with van der Waals surface area (Å²) >= 11 is 1.26. The van der Waals surface area contributed by atoms with Gasteiger partial charge in [0.1, 0.15) is 10.8 Å². The van der Waals surface area contributed by atoms with E-state index in [2.05, 4.69) is 15.2 Å². The zero-order valence-corrected chi connectivity index (χ0v) is 15.5. The van der Waals surface area contributed by atoms with Crippen molar-refractivity contribution in [3.63, 3.8) is 0 Å². The number of fused-ring (bicyclic) bond motifs is 1. The number of aromatic hydroxyl groups is 1. The Hall–Kier alpha value is -2.98. The number of hydrogen-bond donors (Lipinski definition) is 2. The largest absolute Gasteiger partial charge is 0.501 e. The van der Waals surface area contributed by atoms with Crippen LogP contribution in [0.15, 0.2) is 35.3 Å². The van der Waals surface area contributed by atoms with Gasteiger partial charge in [-0.1, -0.05) is 23.5 Å². The molecule has 3 heterocycles. The van der Waals surface area contributed by atoms with E-state index in [1.54, 1.807) is 6.20 Å². The lowest BCUT2D eigenvalue weighted by atomic mass is 10.2. The van der Waals surface area contributed by atoms with Crippen LogP contribution in [0.4, 0.5) is 9.39 Å². The first kappa shape index (κ1) is 18.4. The van der Waals surface area contributed by atoms with Gasteiger partial charge in [-0.2, -0.15) is 0 Å². The number of anilines is 1. The van der Waals surface area contributed by atoms with Crippen LogP contribution in [-0.2, 0) is 11.3 Å². The van der Waals surface area contributed by atoms with Crippen molar-refractivity contribution in [3.8, 4) is 5.75 Å². The lowest BCUT2D eigenvalue weighted by Gasteiger charge is -2.26. The standard InChI is InChI=1S/C18H17FN4O4S/c19-12-3-1-11(2-4-12)9-20-16(25)14-15(24)17(26)23-10-13(28-18(23)21-14)22-5-7-27-8-6-22/h1-4,10,24H,5-9H2,(H,20,25). The number of nitrogens with zero attached hydrogens (tertiary/aromatic N) is 3. The van der Waals surface area contributed by atoms with Crippen LogP contribution in [0.5, 0.6) is 5.75 Å². The zero-order valence-electron chi connectivity index (χ0n) is 14.7. The Morgan fingerprint density at radius 1 is 1.29 bits per heavy atom. The number of rotatable bonds is 4. The molecule has 0 spiro atoms. The fraction of sp³-hybridized carbons (Fsp3) is 0.278. The van der Waals surface area contributed by atoms with Crippen molar-refractivity contribution in [2.24, 2.45) is 0 Å². The second-order valence-electron chi connectivity index (χ2n) is 6.24. The molecule has 0 radical (unpaired) electrons. The Labute approximate surface area is 162 Å². The van der Waals surface area contributed by atoms with E-state index in [0.29, 0.717) is 36.8 Å². The fourth-order valence-electron chi connectivity index (χ4n) is 2.88. The number of amides is 1. The number of carbonyl (C=O) groups is 1. The molecule has 2 aromatic heterocycles. The van der Waals surface area contributed by atoms with Crippen molar-refractivity contribution >= 4 is 27.2 Å². The second kappa shape index (κ2) is 7.56. The van der Waals surface area contributed by atoms with Gasteiger partial charge in [-0.15, -0.1) is 0 Å². The maximum atomic E-state index is 13.0. The molecule has 146 valence electrons. The van der Waals surface area contributed by atoms with Crippen LogP contribution in [-0.4, -0.2) is 46.7 Å². The van der Waals surface area contributed by atoms with Crippen LogP contribution in [0, 0.1) is 5.82 Å². The molecule has 1 fully saturated rings. The van der Waals surface area contributed by atoms with Crippen molar-refractivity contribution in [1.29, 1.82) is 0 Å². The fourth-order valence-corrected chi connectivity index (χ4v) is 3.91. The van der Waals surface area contributed by atoms with Crippen molar-refractivity contribution in [2.45, 2.75) is 6.54 Å². The van der Waals surface area contributed by atoms with E-state index in [4.69, 9.17) is 4.74 Å². The third-order valence-electron chi connectivity index (χ3n) is 4.40. The van der Waals surface area contributed by atoms with Crippen LogP contribution < -0.4 is 15.8 Å². The molecule has 3 aromatic rings. The molecule has 1 saturated heterocycles. The molecule has 0 unspecified atom stereocenters. The third-order valence-corrected chi connectivity index (χ3v) is 5.44. The predicted octanol–water partition coefficient (Wildman–Crippen LogP) is 1.37. The molecule has 28 heavy (non-hydrogen) atoms. The Balaban J connectivity index is 1.59. The summed E-state index contributed by atoms with van der Waals surface area (Å²) < 4.78 is 19.5. The summed E-state index contributed by atoms with van der Waals surface area (Å²) in [7, 11) is 0. The van der Waals surface area contributed by atoms with Gasteiger partial charge in [0, 0.05) is 25.8 Å². The Morgan fingerprint density at radius 2 is 2.00 bits per heavy atom.